The van der Waals surface area contributed by atoms with E-state index in [0.717, 1.165) is 11.0 Å². The van der Waals surface area contributed by atoms with Gasteiger partial charge in [0.25, 0.3) is 0 Å². The van der Waals surface area contributed by atoms with Crippen molar-refractivity contribution in [1.82, 2.24) is 5.32 Å². The van der Waals surface area contributed by atoms with Gasteiger partial charge in [-0.2, -0.15) is 0 Å². The van der Waals surface area contributed by atoms with Crippen molar-refractivity contribution in [1.29, 1.82) is 0 Å². The van der Waals surface area contributed by atoms with Crippen molar-refractivity contribution >= 4 is 28.5 Å². The van der Waals surface area contributed by atoms with Gasteiger partial charge in [-0.3, -0.25) is 9.59 Å². The molecule has 1 saturated heterocycles. The molecule has 1 fully saturated rings. The summed E-state index contributed by atoms with van der Waals surface area (Å²) in [7, 11) is 4.55. The molecule has 2 unspecified atom stereocenters. The molecular formula is C24H26N2O6. The molecule has 1 aliphatic rings. The number of hydrogen-bond acceptors (Lipinski definition) is 6. The summed E-state index contributed by atoms with van der Waals surface area (Å²) >= 11 is 0. The molecule has 2 heterocycles. The Balaban J connectivity index is 1.49. The van der Waals surface area contributed by atoms with Crippen molar-refractivity contribution in [2.24, 2.45) is 5.92 Å². The summed E-state index contributed by atoms with van der Waals surface area (Å²) in [6, 6.07) is 12.7. The van der Waals surface area contributed by atoms with Crippen molar-refractivity contribution in [3.05, 3.63) is 48.2 Å². The fraction of sp³-hybridized carbons (Fsp3) is 0.333. The normalized spacial score (nSPS) is 16.8. The van der Waals surface area contributed by atoms with Crippen LogP contribution < -0.4 is 24.4 Å². The summed E-state index contributed by atoms with van der Waals surface area (Å²) in [6.45, 7) is 2.12. The maximum absolute atomic E-state index is 12.9. The van der Waals surface area contributed by atoms with Gasteiger partial charge in [-0.05, 0) is 19.1 Å². The fourth-order valence-corrected chi connectivity index (χ4v) is 3.97. The van der Waals surface area contributed by atoms with Crippen LogP contribution in [0.3, 0.4) is 0 Å². The average Bonchev–Trinajstić information content (AvgIpc) is 3.41. The first-order valence-electron chi connectivity index (χ1n) is 10.3. The van der Waals surface area contributed by atoms with Gasteiger partial charge in [0.2, 0.25) is 17.6 Å². The number of anilines is 1. The van der Waals surface area contributed by atoms with Crippen LogP contribution in [-0.2, 0) is 9.59 Å². The lowest BCUT2D eigenvalue weighted by atomic mass is 10.1. The van der Waals surface area contributed by atoms with Crippen LogP contribution in [0.15, 0.2) is 46.9 Å². The minimum absolute atomic E-state index is 0.120. The summed E-state index contributed by atoms with van der Waals surface area (Å²) < 4.78 is 22.0. The molecule has 1 N–H and O–H groups in total. The Bertz CT molecular complexity index is 1100. The number of ether oxygens (including phenoxy) is 3. The van der Waals surface area contributed by atoms with Crippen molar-refractivity contribution < 1.29 is 28.2 Å². The number of carbonyl (C=O) groups is 2. The van der Waals surface area contributed by atoms with Crippen LogP contribution in [0.2, 0.25) is 0 Å². The van der Waals surface area contributed by atoms with Crippen LogP contribution in [0.5, 0.6) is 17.2 Å². The van der Waals surface area contributed by atoms with Crippen molar-refractivity contribution in [2.75, 3.05) is 32.8 Å². The number of carbonyl (C=O) groups excluding carboxylic acids is 2. The second kappa shape index (κ2) is 8.82. The van der Waals surface area contributed by atoms with Crippen molar-refractivity contribution in [2.45, 2.75) is 19.4 Å². The second-order valence-electron chi connectivity index (χ2n) is 7.71. The van der Waals surface area contributed by atoms with Crippen LogP contribution in [0.4, 0.5) is 5.69 Å². The molecule has 3 aromatic rings. The number of amides is 2. The predicted molar refractivity (Wildman–Crippen MR) is 119 cm³/mol. The quantitative estimate of drug-likeness (QED) is 0.605. The number of hydrogen-bond donors (Lipinski definition) is 1. The van der Waals surface area contributed by atoms with Crippen LogP contribution in [0.1, 0.15) is 25.1 Å². The number of benzene rings is 2. The highest BCUT2D eigenvalue weighted by Gasteiger charge is 2.36. The van der Waals surface area contributed by atoms with Gasteiger partial charge in [0.15, 0.2) is 11.5 Å². The largest absolute Gasteiger partial charge is 0.493 e. The summed E-state index contributed by atoms with van der Waals surface area (Å²) in [5, 5.41) is 3.95. The summed E-state index contributed by atoms with van der Waals surface area (Å²) in [6.07, 6.45) is 0.120. The molecule has 0 spiro atoms. The third-order valence-electron chi connectivity index (χ3n) is 5.69. The van der Waals surface area contributed by atoms with E-state index >= 15 is 0 Å². The topological polar surface area (TPSA) is 90.2 Å². The van der Waals surface area contributed by atoms with E-state index in [1.165, 1.54) is 21.3 Å². The molecule has 32 heavy (non-hydrogen) atoms. The van der Waals surface area contributed by atoms with Crippen LogP contribution in [0, 0.1) is 5.92 Å². The molecule has 1 aliphatic heterocycles. The maximum atomic E-state index is 12.9. The zero-order valence-corrected chi connectivity index (χ0v) is 18.5. The van der Waals surface area contributed by atoms with E-state index in [9.17, 15) is 9.59 Å². The highest BCUT2D eigenvalue weighted by molar-refractivity contribution is 6.00. The maximum Gasteiger partial charge on any atom is 0.227 e. The molecule has 0 radical (unpaired) electrons. The Morgan fingerprint density at radius 1 is 1.09 bits per heavy atom. The Morgan fingerprint density at radius 3 is 2.41 bits per heavy atom. The SMILES string of the molecule is COc1cc(N2CC(C(=O)NC(C)c3cc4ccccc4o3)CC2=O)cc(OC)c1OC. The van der Waals surface area contributed by atoms with Gasteiger partial charge in [-0.15, -0.1) is 0 Å². The predicted octanol–water partition coefficient (Wildman–Crippen LogP) is 3.69. The minimum atomic E-state index is -0.478. The van der Waals surface area contributed by atoms with E-state index in [1.54, 1.807) is 17.0 Å². The zero-order chi connectivity index (χ0) is 22.8. The molecule has 2 aromatic carbocycles. The molecule has 0 bridgehead atoms. The Labute approximate surface area is 186 Å². The zero-order valence-electron chi connectivity index (χ0n) is 18.5. The number of para-hydroxylation sites is 1. The van der Waals surface area contributed by atoms with Gasteiger partial charge in [0.05, 0.1) is 39.0 Å². The van der Waals surface area contributed by atoms with Crippen LogP contribution in [0.25, 0.3) is 11.0 Å². The van der Waals surface area contributed by atoms with Crippen LogP contribution in [-0.4, -0.2) is 39.7 Å². The van der Waals surface area contributed by atoms with Crippen molar-refractivity contribution in [3.8, 4) is 17.2 Å². The average molecular weight is 438 g/mol. The van der Waals surface area contributed by atoms with E-state index in [0.29, 0.717) is 28.7 Å². The fourth-order valence-electron chi connectivity index (χ4n) is 3.97. The Kier molecular flexibility index (Phi) is 5.94. The number of furan rings is 1. The first-order valence-corrected chi connectivity index (χ1v) is 10.3. The smallest absolute Gasteiger partial charge is 0.227 e. The number of methoxy groups -OCH3 is 3. The summed E-state index contributed by atoms with van der Waals surface area (Å²) in [4.78, 5) is 27.2. The Hall–Kier alpha value is -3.68. The van der Waals surface area contributed by atoms with E-state index < -0.39 is 5.92 Å². The van der Waals surface area contributed by atoms with Gasteiger partial charge < -0.3 is 28.8 Å². The highest BCUT2D eigenvalue weighted by Crippen LogP contribution is 2.42. The van der Waals surface area contributed by atoms with E-state index in [2.05, 4.69) is 5.32 Å². The number of rotatable bonds is 7. The van der Waals surface area contributed by atoms with Gasteiger partial charge in [0.1, 0.15) is 11.3 Å². The molecule has 1 aromatic heterocycles. The van der Waals surface area contributed by atoms with Gasteiger partial charge in [-0.1, -0.05) is 18.2 Å². The molecule has 2 atom stereocenters. The number of fused-ring (bicyclic) bond motifs is 1. The number of nitrogens with one attached hydrogen (secondary N) is 1. The molecule has 8 nitrogen and oxygen atoms in total. The van der Waals surface area contributed by atoms with Gasteiger partial charge >= 0.3 is 0 Å². The van der Waals surface area contributed by atoms with E-state index in [-0.39, 0.29) is 30.8 Å². The van der Waals surface area contributed by atoms with Crippen molar-refractivity contribution in [3.63, 3.8) is 0 Å². The lowest BCUT2D eigenvalue weighted by Gasteiger charge is -2.21. The molecule has 0 aliphatic carbocycles. The Morgan fingerprint density at radius 2 is 1.78 bits per heavy atom. The van der Waals surface area contributed by atoms with E-state index in [4.69, 9.17) is 18.6 Å². The first-order chi connectivity index (χ1) is 15.4. The van der Waals surface area contributed by atoms with E-state index in [1.807, 2.05) is 37.3 Å². The summed E-state index contributed by atoms with van der Waals surface area (Å²) in [5.74, 6) is 1.19. The van der Waals surface area contributed by atoms with Gasteiger partial charge in [0, 0.05) is 30.5 Å². The number of nitrogens with zero attached hydrogens (tertiary/aromatic N) is 1. The molecule has 0 saturated carbocycles. The third-order valence-corrected chi connectivity index (χ3v) is 5.69. The monoisotopic (exact) mass is 438 g/mol. The first kappa shape index (κ1) is 21.5. The molecule has 2 amide bonds. The third kappa shape index (κ3) is 3.95. The van der Waals surface area contributed by atoms with Crippen LogP contribution >= 0.6 is 0 Å². The standard InChI is InChI=1S/C24H26N2O6/c1-14(19-9-15-7-5-6-8-18(15)32-19)25-24(28)16-10-22(27)26(13-16)17-11-20(29-2)23(31-4)21(12-17)30-3/h5-9,11-12,14,16H,10,13H2,1-4H3,(H,25,28). The van der Waals surface area contributed by atoms with Gasteiger partial charge in [-0.25, -0.2) is 0 Å². The second-order valence-corrected chi connectivity index (χ2v) is 7.71. The minimum Gasteiger partial charge on any atom is -0.493 e. The molecule has 168 valence electrons. The molecular weight excluding hydrogens is 412 g/mol. The lowest BCUT2D eigenvalue weighted by Crippen LogP contribution is -2.34. The lowest BCUT2D eigenvalue weighted by molar-refractivity contribution is -0.127. The summed E-state index contributed by atoms with van der Waals surface area (Å²) in [5.41, 5.74) is 1.36. The highest BCUT2D eigenvalue weighted by atomic mass is 16.5. The molecule has 8 heteroatoms. The molecule has 4 rings (SSSR count).